The number of carboxylic acid groups (broad SMARTS) is 1. The molecule has 2 aliphatic heterocycles. The van der Waals surface area contributed by atoms with E-state index in [4.69, 9.17) is 14.6 Å². The van der Waals surface area contributed by atoms with Gasteiger partial charge in [0.25, 0.3) is 0 Å². The van der Waals surface area contributed by atoms with Crippen molar-refractivity contribution in [3.05, 3.63) is 0 Å². The molecule has 0 aromatic rings. The molecule has 21 heavy (non-hydrogen) atoms. The summed E-state index contributed by atoms with van der Waals surface area (Å²) in [6, 6.07) is -0.0431. The van der Waals surface area contributed by atoms with Gasteiger partial charge in [-0.1, -0.05) is 0 Å². The van der Waals surface area contributed by atoms with E-state index in [9.17, 15) is 9.59 Å². The van der Waals surface area contributed by atoms with Crippen LogP contribution in [0.15, 0.2) is 0 Å². The van der Waals surface area contributed by atoms with Crippen LogP contribution in [-0.2, 0) is 14.3 Å². The van der Waals surface area contributed by atoms with Crippen molar-refractivity contribution in [3.63, 3.8) is 0 Å². The summed E-state index contributed by atoms with van der Waals surface area (Å²) in [5.74, 6) is -0.909. The van der Waals surface area contributed by atoms with Crippen LogP contribution in [0.4, 0.5) is 4.79 Å². The maximum absolute atomic E-state index is 12.3. The van der Waals surface area contributed by atoms with Gasteiger partial charge in [-0.25, -0.2) is 4.79 Å². The number of hydrogen-bond donors (Lipinski definition) is 2. The lowest BCUT2D eigenvalue weighted by molar-refractivity contribution is -0.141. The van der Waals surface area contributed by atoms with Crippen LogP contribution in [0, 0.1) is 0 Å². The Morgan fingerprint density at radius 1 is 1.38 bits per heavy atom. The maximum atomic E-state index is 12.3. The molecule has 7 heteroatoms. The Kier molecular flexibility index (Phi) is 5.05. The number of amides is 2. The number of carbonyl (C=O) groups is 2. The van der Waals surface area contributed by atoms with Gasteiger partial charge in [-0.3, -0.25) is 4.79 Å². The van der Waals surface area contributed by atoms with Crippen molar-refractivity contribution in [1.82, 2.24) is 10.2 Å². The second kappa shape index (κ2) is 6.62. The van der Waals surface area contributed by atoms with Crippen molar-refractivity contribution in [2.75, 3.05) is 26.3 Å². The number of nitrogens with one attached hydrogen (secondary N) is 1. The van der Waals surface area contributed by atoms with E-state index in [2.05, 4.69) is 5.32 Å². The summed E-state index contributed by atoms with van der Waals surface area (Å²) in [4.78, 5) is 24.6. The van der Waals surface area contributed by atoms with Crippen molar-refractivity contribution < 1.29 is 24.2 Å². The molecule has 2 amide bonds. The van der Waals surface area contributed by atoms with E-state index in [1.165, 1.54) is 0 Å². The van der Waals surface area contributed by atoms with Crippen LogP contribution in [-0.4, -0.2) is 66.1 Å². The number of aliphatic carboxylic acids is 1. The SMILES string of the molecule is CC1(C)CC(NC(=O)N2CCOC(CC(=O)O)C2)CCO1. The van der Waals surface area contributed by atoms with E-state index in [1.807, 2.05) is 13.8 Å². The van der Waals surface area contributed by atoms with Gasteiger partial charge in [-0.15, -0.1) is 0 Å². The first kappa shape index (κ1) is 16.0. The van der Waals surface area contributed by atoms with Gasteiger partial charge in [0, 0.05) is 25.7 Å². The second-order valence-corrected chi connectivity index (χ2v) is 6.28. The molecular formula is C14H24N2O5. The van der Waals surface area contributed by atoms with E-state index >= 15 is 0 Å². The average molecular weight is 300 g/mol. The lowest BCUT2D eigenvalue weighted by atomic mass is 9.94. The fraction of sp³-hybridized carbons (Fsp3) is 0.857. The Morgan fingerprint density at radius 2 is 2.14 bits per heavy atom. The van der Waals surface area contributed by atoms with Crippen LogP contribution >= 0.6 is 0 Å². The molecular weight excluding hydrogens is 276 g/mol. The number of nitrogens with zero attached hydrogens (tertiary/aromatic N) is 1. The van der Waals surface area contributed by atoms with Crippen molar-refractivity contribution in [1.29, 1.82) is 0 Å². The van der Waals surface area contributed by atoms with E-state index in [1.54, 1.807) is 4.90 Å². The molecule has 2 fully saturated rings. The highest BCUT2D eigenvalue weighted by Crippen LogP contribution is 2.24. The van der Waals surface area contributed by atoms with Crippen molar-refractivity contribution in [3.8, 4) is 0 Å². The summed E-state index contributed by atoms with van der Waals surface area (Å²) in [6.45, 7) is 5.87. The molecule has 0 aromatic carbocycles. The molecule has 0 radical (unpaired) electrons. The zero-order valence-corrected chi connectivity index (χ0v) is 12.6. The standard InChI is InChI=1S/C14H24N2O5/c1-14(2)8-10(3-5-21-14)15-13(19)16-4-6-20-11(9-16)7-12(17)18/h10-11H,3-9H2,1-2H3,(H,15,19)(H,17,18). The van der Waals surface area contributed by atoms with Crippen molar-refractivity contribution in [2.45, 2.75) is 50.9 Å². The normalized spacial score (nSPS) is 29.0. The summed E-state index contributed by atoms with van der Waals surface area (Å²) < 4.78 is 11.0. The van der Waals surface area contributed by atoms with Crippen LogP contribution in [0.1, 0.15) is 33.1 Å². The lowest BCUT2D eigenvalue weighted by Gasteiger charge is -2.38. The van der Waals surface area contributed by atoms with Crippen LogP contribution < -0.4 is 5.32 Å². The molecule has 2 rings (SSSR count). The number of hydrogen-bond acceptors (Lipinski definition) is 4. The van der Waals surface area contributed by atoms with Gasteiger partial charge < -0.3 is 24.8 Å². The number of morpholine rings is 1. The Balaban J connectivity index is 1.83. The molecule has 0 bridgehead atoms. The number of rotatable bonds is 3. The average Bonchev–Trinajstić information content (AvgIpc) is 2.37. The molecule has 2 atom stereocenters. The molecule has 2 unspecified atom stereocenters. The maximum Gasteiger partial charge on any atom is 0.317 e. The van der Waals surface area contributed by atoms with E-state index < -0.39 is 12.1 Å². The molecule has 2 N–H and O–H groups in total. The molecule has 0 aromatic heterocycles. The van der Waals surface area contributed by atoms with Gasteiger partial charge in [0.15, 0.2) is 0 Å². The molecule has 0 aliphatic carbocycles. The quantitative estimate of drug-likeness (QED) is 0.806. The topological polar surface area (TPSA) is 88.1 Å². The molecule has 0 saturated carbocycles. The summed E-state index contributed by atoms with van der Waals surface area (Å²) in [5.41, 5.74) is -0.215. The Morgan fingerprint density at radius 3 is 2.81 bits per heavy atom. The molecule has 2 heterocycles. The molecule has 2 aliphatic rings. The first-order chi connectivity index (χ1) is 9.85. The van der Waals surface area contributed by atoms with Crippen LogP contribution in [0.5, 0.6) is 0 Å². The van der Waals surface area contributed by atoms with Gasteiger partial charge in [-0.05, 0) is 26.7 Å². The van der Waals surface area contributed by atoms with Crippen molar-refractivity contribution in [2.24, 2.45) is 0 Å². The van der Waals surface area contributed by atoms with E-state index in [-0.39, 0.29) is 24.1 Å². The minimum Gasteiger partial charge on any atom is -0.481 e. The third-order valence-corrected chi connectivity index (χ3v) is 3.85. The van der Waals surface area contributed by atoms with E-state index in [0.29, 0.717) is 26.3 Å². The van der Waals surface area contributed by atoms with Gasteiger partial charge in [0.1, 0.15) is 0 Å². The highest BCUT2D eigenvalue weighted by molar-refractivity contribution is 5.75. The summed E-state index contributed by atoms with van der Waals surface area (Å²) in [7, 11) is 0. The van der Waals surface area contributed by atoms with Crippen LogP contribution in [0.3, 0.4) is 0 Å². The second-order valence-electron chi connectivity index (χ2n) is 6.28. The largest absolute Gasteiger partial charge is 0.481 e. The van der Waals surface area contributed by atoms with Crippen molar-refractivity contribution >= 4 is 12.0 Å². The smallest absolute Gasteiger partial charge is 0.317 e. The summed E-state index contributed by atoms with van der Waals surface area (Å²) in [6.07, 6.45) is 1.08. The monoisotopic (exact) mass is 300 g/mol. The highest BCUT2D eigenvalue weighted by Gasteiger charge is 2.32. The van der Waals surface area contributed by atoms with Gasteiger partial charge >= 0.3 is 12.0 Å². The minimum absolute atomic E-state index is 0.0753. The third kappa shape index (κ3) is 4.86. The number of ether oxygens (including phenoxy) is 2. The first-order valence-electron chi connectivity index (χ1n) is 7.38. The van der Waals surface area contributed by atoms with Gasteiger partial charge in [0.05, 0.1) is 24.7 Å². The number of carbonyl (C=O) groups excluding carboxylic acids is 1. The first-order valence-corrected chi connectivity index (χ1v) is 7.38. The lowest BCUT2D eigenvalue weighted by Crippen LogP contribution is -2.54. The minimum atomic E-state index is -0.909. The predicted molar refractivity (Wildman–Crippen MR) is 75.2 cm³/mol. The van der Waals surface area contributed by atoms with Crippen LogP contribution in [0.2, 0.25) is 0 Å². The zero-order chi connectivity index (χ0) is 15.5. The summed E-state index contributed by atoms with van der Waals surface area (Å²) >= 11 is 0. The zero-order valence-electron chi connectivity index (χ0n) is 12.6. The Hall–Kier alpha value is -1.34. The molecule has 120 valence electrons. The van der Waals surface area contributed by atoms with Crippen LogP contribution in [0.25, 0.3) is 0 Å². The highest BCUT2D eigenvalue weighted by atomic mass is 16.5. The predicted octanol–water partition coefficient (Wildman–Crippen LogP) is 0.829. The molecule has 2 saturated heterocycles. The third-order valence-electron chi connectivity index (χ3n) is 3.85. The van der Waals surface area contributed by atoms with Gasteiger partial charge in [0.2, 0.25) is 0 Å². The Labute approximate surface area is 124 Å². The van der Waals surface area contributed by atoms with Gasteiger partial charge in [-0.2, -0.15) is 0 Å². The Bertz CT molecular complexity index is 399. The fourth-order valence-electron chi connectivity index (χ4n) is 2.84. The molecule has 7 nitrogen and oxygen atoms in total. The fourth-order valence-corrected chi connectivity index (χ4v) is 2.84. The number of urea groups is 1. The molecule has 0 spiro atoms. The number of carboxylic acids is 1. The van der Waals surface area contributed by atoms with E-state index in [0.717, 1.165) is 12.8 Å². The summed E-state index contributed by atoms with van der Waals surface area (Å²) in [5, 5.41) is 11.8.